The number of rotatable bonds is 52. The molecule has 25 nitrogen and oxygen atoms in total. The monoisotopic (exact) mass is 1380 g/mol. The van der Waals surface area contributed by atoms with Crippen LogP contribution in [0.5, 0.6) is 5.75 Å². The topological polar surface area (TPSA) is 429 Å². The number of aromatic hydroxyl groups is 1. The fourth-order valence-electron chi connectivity index (χ4n) is 13.3. The van der Waals surface area contributed by atoms with Gasteiger partial charge in [-0.1, -0.05) is 113 Å². The van der Waals surface area contributed by atoms with Crippen molar-refractivity contribution in [1.82, 2.24) is 47.9 Å². The summed E-state index contributed by atoms with van der Waals surface area (Å²) in [5.74, 6) is -3.17. The highest BCUT2D eigenvalue weighted by Gasteiger charge is 2.35. The van der Waals surface area contributed by atoms with Crippen molar-refractivity contribution in [1.29, 1.82) is 0 Å². The fourth-order valence-corrected chi connectivity index (χ4v) is 13.3. The smallest absolute Gasteiger partial charge is 0.225 e. The zero-order chi connectivity index (χ0) is 73.3. The molecule has 11 atom stereocenters. The van der Waals surface area contributed by atoms with Crippen LogP contribution in [-0.2, 0) is 54.4 Å². The van der Waals surface area contributed by atoms with Gasteiger partial charge in [0.25, 0.3) is 0 Å². The first-order valence-electron chi connectivity index (χ1n) is 36.9. The summed E-state index contributed by atoms with van der Waals surface area (Å²) in [6, 6.07) is 1.47. The van der Waals surface area contributed by atoms with Gasteiger partial charge in [0.05, 0.1) is 5.92 Å². The lowest BCUT2D eigenvalue weighted by molar-refractivity contribution is -0.130. The van der Waals surface area contributed by atoms with E-state index >= 15 is 0 Å². The summed E-state index contributed by atoms with van der Waals surface area (Å²) in [5.41, 5.74) is 30.1. The average molecular weight is 1380 g/mol. The zero-order valence-corrected chi connectivity index (χ0v) is 61.4. The van der Waals surface area contributed by atoms with Crippen molar-refractivity contribution in [2.75, 3.05) is 19.6 Å². The normalized spacial score (nSPS) is 16.8. The quantitative estimate of drug-likeness (QED) is 0.0362. The summed E-state index contributed by atoms with van der Waals surface area (Å²) in [6.07, 6.45) is 11.0. The lowest BCUT2D eigenvalue weighted by Crippen LogP contribution is -2.52. The maximum atomic E-state index is 14.4. The minimum absolute atomic E-state index is 0.000868. The lowest BCUT2D eigenvalue weighted by atomic mass is 9.83. The van der Waals surface area contributed by atoms with Crippen molar-refractivity contribution >= 4 is 59.1 Å². The predicted octanol–water partition coefficient (Wildman–Crippen LogP) is 5.43. The van der Waals surface area contributed by atoms with Gasteiger partial charge < -0.3 is 81.6 Å². The maximum Gasteiger partial charge on any atom is 0.225 e. The molecule has 0 saturated heterocycles. The number of phenolic OH excluding ortho intramolecular Hbond substituents is 1. The first-order valence-corrected chi connectivity index (χ1v) is 36.9. The second kappa shape index (κ2) is 49.2. The van der Waals surface area contributed by atoms with Crippen molar-refractivity contribution in [2.24, 2.45) is 64.2 Å². The van der Waals surface area contributed by atoms with Crippen LogP contribution < -0.4 is 76.5 Å². The molecule has 98 heavy (non-hydrogen) atoms. The highest BCUT2D eigenvalue weighted by Crippen LogP contribution is 2.27. The fraction of sp³-hybridized carbons (Fsp3) is 0.781. The van der Waals surface area contributed by atoms with Crippen molar-refractivity contribution in [2.45, 2.75) is 309 Å². The Morgan fingerprint density at radius 2 is 0.694 bits per heavy atom. The van der Waals surface area contributed by atoms with E-state index < -0.39 is 72.2 Å². The molecule has 0 heterocycles. The molecular weight excluding hydrogens is 1250 g/mol. The summed E-state index contributed by atoms with van der Waals surface area (Å²) in [5, 5.41) is 37.2. The second-order valence-electron chi connectivity index (χ2n) is 30.1. The maximum absolute atomic E-state index is 14.4. The van der Waals surface area contributed by atoms with Crippen LogP contribution in [-0.4, -0.2) is 144 Å². The molecule has 1 aromatic carbocycles. The van der Waals surface area contributed by atoms with E-state index in [1.54, 1.807) is 24.3 Å². The lowest BCUT2D eigenvalue weighted by Gasteiger charge is -2.33. The van der Waals surface area contributed by atoms with E-state index in [0.29, 0.717) is 116 Å². The van der Waals surface area contributed by atoms with E-state index in [0.717, 1.165) is 31.2 Å². The Hall–Kier alpha value is -6.44. The third kappa shape index (κ3) is 41.8. The molecule has 0 bridgehead atoms. The van der Waals surface area contributed by atoms with Gasteiger partial charge in [0.15, 0.2) is 0 Å². The summed E-state index contributed by atoms with van der Waals surface area (Å²) in [6.45, 7) is 21.4. The Kier molecular flexibility index (Phi) is 44.0. The molecule has 1 aromatic rings. The first kappa shape index (κ1) is 87.6. The zero-order valence-electron chi connectivity index (χ0n) is 61.4. The molecule has 1 saturated carbocycles. The largest absolute Gasteiger partial charge is 0.508 e. The molecule has 0 radical (unpaired) electrons. The molecule has 0 unspecified atom stereocenters. The predicted molar refractivity (Wildman–Crippen MR) is 386 cm³/mol. The van der Waals surface area contributed by atoms with Crippen LogP contribution in [0.25, 0.3) is 0 Å². The van der Waals surface area contributed by atoms with E-state index in [-0.39, 0.29) is 146 Å². The number of amides is 10. The number of hydrogen-bond donors (Lipinski definition) is 15. The number of nitrogens with one attached hydrogen (secondary N) is 9. The minimum atomic E-state index is -0.588. The van der Waals surface area contributed by atoms with Gasteiger partial charge in [-0.25, -0.2) is 0 Å². The molecular formula is C73H132N14O11. The van der Waals surface area contributed by atoms with Gasteiger partial charge in [0.1, 0.15) is 5.75 Å². The van der Waals surface area contributed by atoms with Crippen molar-refractivity contribution < 1.29 is 53.1 Å². The van der Waals surface area contributed by atoms with Crippen LogP contribution >= 0.6 is 0 Å². The average Bonchev–Trinajstić information content (AvgIpc) is 0.850. The number of nitrogens with two attached hydrogens (primary N) is 5. The summed E-state index contributed by atoms with van der Waals surface area (Å²) in [7, 11) is 0. The molecule has 2 rings (SSSR count). The Labute approximate surface area is 586 Å². The molecule has 0 aliphatic heterocycles. The summed E-state index contributed by atoms with van der Waals surface area (Å²) >= 11 is 0. The molecule has 0 aromatic heterocycles. The summed E-state index contributed by atoms with van der Waals surface area (Å²) in [4.78, 5) is 136. The first-order chi connectivity index (χ1) is 46.3. The Balaban J connectivity index is 2.17. The molecule has 0 spiro atoms. The van der Waals surface area contributed by atoms with E-state index in [1.807, 2.05) is 69.2 Å². The van der Waals surface area contributed by atoms with Gasteiger partial charge in [-0.05, 0) is 157 Å². The number of primary amides is 1. The van der Waals surface area contributed by atoms with Gasteiger partial charge in [0, 0.05) is 118 Å². The molecule has 25 heteroatoms. The number of hydrogen-bond acceptors (Lipinski definition) is 15. The van der Waals surface area contributed by atoms with Gasteiger partial charge >= 0.3 is 0 Å². The standard InChI is InChI=1S/C73H132N14O11/c1-46(2)31-56(81-65(90)37-52(77)36-51-24-26-61(88)27-25-51)43-70(95)85-58(33-48(5)6)42-69(94)80-54(20-14-17-29-75)39-66(91)83-60(35-50(9)10)45-72(97)87-63-23-12-11-22-62(63)73(98)86-55(21-15-18-30-76)40-67(92)82-59(34-49(7)8)44-71(96)84-57(32-47(3)4)41-68(93)79-53(38-64(78)89)19-13-16-28-74/h24-27,46-50,52-60,62-63,88H,11-23,28-45,74-77H2,1-10H3,(H2,78,89)(H,79,93)(H,80,94)(H,81,90)(H,82,92)(H,83,91)(H,84,96)(H,85,95)(H,86,98)(H,87,97)/t52-,53-,54-,55-,56-,57-,58-,59-,60-,62-,63-/m1/s1. The van der Waals surface area contributed by atoms with E-state index in [1.165, 1.54) is 0 Å². The number of benzene rings is 1. The van der Waals surface area contributed by atoms with Gasteiger partial charge in [-0.3, -0.25) is 47.9 Å². The highest BCUT2D eigenvalue weighted by molar-refractivity contribution is 5.86. The molecule has 10 amide bonds. The third-order valence-corrected chi connectivity index (χ3v) is 17.5. The number of phenols is 1. The van der Waals surface area contributed by atoms with Crippen LogP contribution in [0.2, 0.25) is 0 Å². The summed E-state index contributed by atoms with van der Waals surface area (Å²) < 4.78 is 0. The number of carbonyl (C=O) groups excluding carboxylic acids is 10. The van der Waals surface area contributed by atoms with Crippen LogP contribution in [0.4, 0.5) is 0 Å². The Bertz CT molecular complexity index is 2540. The molecule has 560 valence electrons. The van der Waals surface area contributed by atoms with Crippen molar-refractivity contribution in [3.8, 4) is 5.75 Å². The van der Waals surface area contributed by atoms with Crippen LogP contribution in [0.3, 0.4) is 0 Å². The number of carbonyl (C=O) groups is 10. The SMILES string of the molecule is CC(C)C[C@H](CC(=O)N[C@@H](CC(=O)N[C@H](CCCCN)CC(=O)N[C@@H](CC(=O)N[C@@H]1CCCC[C@H]1C(=O)N[C@H](CCCCN)CC(=O)N[C@@H](CC(=O)N[C@@H](CC(=O)N[C@H](CCCCN)CC(N)=O)CC(C)C)CC(C)C)CC(C)C)CC(C)C)NC(=O)C[C@H](N)Cc1ccc(O)cc1. The van der Waals surface area contributed by atoms with Gasteiger partial charge in [-0.2, -0.15) is 0 Å². The van der Waals surface area contributed by atoms with E-state index in [9.17, 15) is 53.1 Å². The van der Waals surface area contributed by atoms with Crippen molar-refractivity contribution in [3.63, 3.8) is 0 Å². The molecule has 20 N–H and O–H groups in total. The third-order valence-electron chi connectivity index (χ3n) is 17.5. The Morgan fingerprint density at radius 1 is 0.398 bits per heavy atom. The van der Waals surface area contributed by atoms with Crippen LogP contribution in [0.1, 0.15) is 248 Å². The molecule has 1 aliphatic carbocycles. The van der Waals surface area contributed by atoms with E-state index in [4.69, 9.17) is 28.7 Å². The van der Waals surface area contributed by atoms with Crippen molar-refractivity contribution in [3.05, 3.63) is 29.8 Å². The molecule has 1 fully saturated rings. The molecule has 1 aliphatic rings. The van der Waals surface area contributed by atoms with Gasteiger partial charge in [0.2, 0.25) is 59.1 Å². The minimum Gasteiger partial charge on any atom is -0.508 e. The van der Waals surface area contributed by atoms with Gasteiger partial charge in [-0.15, -0.1) is 0 Å². The van der Waals surface area contributed by atoms with E-state index in [2.05, 4.69) is 47.9 Å². The second-order valence-corrected chi connectivity index (χ2v) is 30.1. The van der Waals surface area contributed by atoms with Crippen LogP contribution in [0.15, 0.2) is 24.3 Å². The van der Waals surface area contributed by atoms with Crippen LogP contribution in [0, 0.1) is 35.5 Å². The Morgan fingerprint density at radius 3 is 1.03 bits per heavy atom. The number of unbranched alkanes of at least 4 members (excludes halogenated alkanes) is 3. The highest BCUT2D eigenvalue weighted by atomic mass is 16.3.